The molecule has 0 spiro atoms. The summed E-state index contributed by atoms with van der Waals surface area (Å²) < 4.78 is 2.52. The number of primary amides is 1. The molecular weight excluding hydrogens is 334 g/mol. The summed E-state index contributed by atoms with van der Waals surface area (Å²) in [4.78, 5) is 41.6. The fourth-order valence-electron chi connectivity index (χ4n) is 2.91. The highest BCUT2D eigenvalue weighted by molar-refractivity contribution is 5.91. The van der Waals surface area contributed by atoms with Crippen molar-refractivity contribution in [3.8, 4) is 0 Å². The number of unbranched alkanes of at least 4 members (excludes halogenated alkanes) is 2. The molecule has 2 aromatic rings. The van der Waals surface area contributed by atoms with Crippen LogP contribution in [0.1, 0.15) is 47.0 Å². The molecule has 1 atom stereocenters. The second kappa shape index (κ2) is 7.72. The van der Waals surface area contributed by atoms with Gasteiger partial charge in [0.25, 0.3) is 0 Å². The van der Waals surface area contributed by atoms with Gasteiger partial charge in [-0.25, -0.2) is 19.1 Å². The molecule has 0 fully saturated rings. The van der Waals surface area contributed by atoms with Gasteiger partial charge in [-0.15, -0.1) is 0 Å². The van der Waals surface area contributed by atoms with Gasteiger partial charge in [-0.05, 0) is 24.0 Å². The van der Waals surface area contributed by atoms with Crippen LogP contribution in [0.3, 0.4) is 0 Å². The number of hydrogen-bond acceptors (Lipinski definition) is 4. The van der Waals surface area contributed by atoms with E-state index in [4.69, 9.17) is 5.73 Å². The van der Waals surface area contributed by atoms with E-state index in [1.165, 1.54) is 4.57 Å². The number of nitrogens with two attached hydrogens (primary N) is 1. The van der Waals surface area contributed by atoms with Gasteiger partial charge in [0.2, 0.25) is 5.91 Å². The highest BCUT2D eigenvalue weighted by Crippen LogP contribution is 2.19. The van der Waals surface area contributed by atoms with Crippen molar-refractivity contribution in [2.45, 2.75) is 59.5 Å². The first kappa shape index (κ1) is 19.7. The van der Waals surface area contributed by atoms with Crippen molar-refractivity contribution in [3.05, 3.63) is 28.8 Å². The zero-order valence-electron chi connectivity index (χ0n) is 15.8. The Bertz CT molecular complexity index is 860. The molecule has 2 aromatic heterocycles. The number of aryl methyl sites for hydroxylation is 1. The standard InChI is InChI=1S/C18H27N5O3/c1-5-6-7-11-22-15-12(9-8-10-20-15)23(17(22)26)16(25)21-13(14(19)24)18(2,3)4/h8-10,13H,5-7,11H2,1-4H3,(H2,19,24)(H,21,25)/t13-/m1/s1. The van der Waals surface area contributed by atoms with Crippen molar-refractivity contribution < 1.29 is 9.59 Å². The lowest BCUT2D eigenvalue weighted by atomic mass is 9.86. The molecule has 142 valence electrons. The maximum absolute atomic E-state index is 12.8. The summed E-state index contributed by atoms with van der Waals surface area (Å²) in [5.74, 6) is -0.649. The molecular formula is C18H27N5O3. The number of hydrogen-bond donors (Lipinski definition) is 2. The minimum absolute atomic E-state index is 0.406. The Hall–Kier alpha value is -2.64. The fourth-order valence-corrected chi connectivity index (χ4v) is 2.91. The Labute approximate surface area is 152 Å². The number of amides is 2. The molecule has 0 aliphatic heterocycles. The van der Waals surface area contributed by atoms with Crippen LogP contribution in [0, 0.1) is 5.41 Å². The monoisotopic (exact) mass is 361 g/mol. The SMILES string of the molecule is CCCCCn1c(=O)n(C(=O)N[C@H](C(N)=O)C(C)(C)C)c2cccnc21. The first-order valence-electron chi connectivity index (χ1n) is 8.85. The van der Waals surface area contributed by atoms with Gasteiger partial charge >= 0.3 is 11.7 Å². The minimum atomic E-state index is -0.905. The molecule has 0 aliphatic carbocycles. The zero-order valence-corrected chi connectivity index (χ0v) is 15.8. The van der Waals surface area contributed by atoms with Crippen molar-refractivity contribution in [2.75, 3.05) is 0 Å². The maximum Gasteiger partial charge on any atom is 0.338 e. The van der Waals surface area contributed by atoms with Gasteiger partial charge < -0.3 is 11.1 Å². The third-order valence-corrected chi connectivity index (χ3v) is 4.29. The number of nitrogens with zero attached hydrogens (tertiary/aromatic N) is 3. The van der Waals surface area contributed by atoms with E-state index >= 15 is 0 Å². The van der Waals surface area contributed by atoms with Gasteiger partial charge in [-0.1, -0.05) is 40.5 Å². The normalized spacial score (nSPS) is 12.9. The van der Waals surface area contributed by atoms with Crippen LogP contribution in [0.4, 0.5) is 4.79 Å². The van der Waals surface area contributed by atoms with Gasteiger partial charge in [0.05, 0.1) is 5.52 Å². The Balaban J connectivity index is 2.46. The van der Waals surface area contributed by atoms with Gasteiger partial charge in [-0.3, -0.25) is 9.36 Å². The number of carbonyl (C=O) groups excluding carboxylic acids is 2. The van der Waals surface area contributed by atoms with Crippen LogP contribution >= 0.6 is 0 Å². The lowest BCUT2D eigenvalue weighted by Gasteiger charge is -2.28. The van der Waals surface area contributed by atoms with E-state index < -0.39 is 29.1 Å². The predicted octanol–water partition coefficient (Wildman–Crippen LogP) is 1.85. The third-order valence-electron chi connectivity index (χ3n) is 4.29. The van der Waals surface area contributed by atoms with Crippen LogP contribution in [0.15, 0.2) is 23.1 Å². The van der Waals surface area contributed by atoms with Crippen LogP contribution < -0.4 is 16.7 Å². The van der Waals surface area contributed by atoms with E-state index in [0.717, 1.165) is 23.8 Å². The number of fused-ring (bicyclic) bond motifs is 1. The Morgan fingerprint density at radius 2 is 2.00 bits per heavy atom. The summed E-state index contributed by atoms with van der Waals surface area (Å²) in [5, 5.41) is 2.59. The van der Waals surface area contributed by atoms with E-state index in [0.29, 0.717) is 17.7 Å². The first-order valence-corrected chi connectivity index (χ1v) is 8.85. The van der Waals surface area contributed by atoms with E-state index in [2.05, 4.69) is 17.2 Å². The maximum atomic E-state index is 12.8. The van der Waals surface area contributed by atoms with Crippen LogP contribution in [-0.4, -0.2) is 32.1 Å². The minimum Gasteiger partial charge on any atom is -0.368 e. The third kappa shape index (κ3) is 3.95. The van der Waals surface area contributed by atoms with Crippen molar-refractivity contribution in [2.24, 2.45) is 11.1 Å². The van der Waals surface area contributed by atoms with Crippen LogP contribution in [0.2, 0.25) is 0 Å². The fraction of sp³-hybridized carbons (Fsp3) is 0.556. The molecule has 2 rings (SSSR count). The molecule has 0 radical (unpaired) electrons. The van der Waals surface area contributed by atoms with Crippen molar-refractivity contribution in [3.63, 3.8) is 0 Å². The lowest BCUT2D eigenvalue weighted by molar-refractivity contribution is -0.122. The summed E-state index contributed by atoms with van der Waals surface area (Å²) in [6.45, 7) is 7.94. The second-order valence-corrected chi connectivity index (χ2v) is 7.47. The average Bonchev–Trinajstić information content (AvgIpc) is 2.83. The van der Waals surface area contributed by atoms with E-state index in [-0.39, 0.29) is 0 Å². The van der Waals surface area contributed by atoms with Gasteiger partial charge in [0.15, 0.2) is 5.65 Å². The first-order chi connectivity index (χ1) is 12.2. The summed E-state index contributed by atoms with van der Waals surface area (Å²) >= 11 is 0. The lowest BCUT2D eigenvalue weighted by Crippen LogP contribution is -2.54. The number of imidazole rings is 1. The van der Waals surface area contributed by atoms with Crippen molar-refractivity contribution in [1.82, 2.24) is 19.4 Å². The summed E-state index contributed by atoms with van der Waals surface area (Å²) in [7, 11) is 0. The number of carbonyl (C=O) groups is 2. The van der Waals surface area contributed by atoms with Crippen LogP contribution in [-0.2, 0) is 11.3 Å². The molecule has 0 saturated carbocycles. The molecule has 26 heavy (non-hydrogen) atoms. The van der Waals surface area contributed by atoms with Crippen molar-refractivity contribution >= 4 is 23.1 Å². The van der Waals surface area contributed by atoms with Crippen LogP contribution in [0.25, 0.3) is 11.2 Å². The zero-order chi connectivity index (χ0) is 19.5. The van der Waals surface area contributed by atoms with Gasteiger partial charge in [-0.2, -0.15) is 0 Å². The number of pyridine rings is 1. The Morgan fingerprint density at radius 3 is 2.58 bits per heavy atom. The molecule has 0 unspecified atom stereocenters. The largest absolute Gasteiger partial charge is 0.368 e. The second-order valence-electron chi connectivity index (χ2n) is 7.47. The molecule has 8 heteroatoms. The summed E-state index contributed by atoms with van der Waals surface area (Å²) in [6, 6.07) is 1.74. The van der Waals surface area contributed by atoms with Crippen molar-refractivity contribution in [1.29, 1.82) is 0 Å². The topological polar surface area (TPSA) is 112 Å². The number of nitrogens with one attached hydrogen (secondary N) is 1. The van der Waals surface area contributed by atoms with Gasteiger partial charge in [0.1, 0.15) is 6.04 Å². The number of rotatable bonds is 6. The average molecular weight is 361 g/mol. The Morgan fingerprint density at radius 1 is 1.31 bits per heavy atom. The summed E-state index contributed by atoms with van der Waals surface area (Å²) in [6.07, 6.45) is 4.40. The molecule has 2 amide bonds. The number of aromatic nitrogens is 3. The molecule has 0 aromatic carbocycles. The molecule has 0 bridgehead atoms. The Kier molecular flexibility index (Phi) is 5.84. The molecule has 2 heterocycles. The molecule has 3 N–H and O–H groups in total. The molecule has 0 aliphatic rings. The van der Waals surface area contributed by atoms with E-state index in [1.54, 1.807) is 39.1 Å². The van der Waals surface area contributed by atoms with Crippen LogP contribution in [0.5, 0.6) is 0 Å². The molecule has 0 saturated heterocycles. The summed E-state index contributed by atoms with van der Waals surface area (Å²) in [5.41, 5.74) is 5.24. The quantitative estimate of drug-likeness (QED) is 0.765. The smallest absolute Gasteiger partial charge is 0.338 e. The van der Waals surface area contributed by atoms with E-state index in [1.807, 2.05) is 0 Å². The molecule has 8 nitrogen and oxygen atoms in total. The predicted molar refractivity (Wildman–Crippen MR) is 99.9 cm³/mol. The highest BCUT2D eigenvalue weighted by Gasteiger charge is 2.32. The van der Waals surface area contributed by atoms with E-state index in [9.17, 15) is 14.4 Å². The van der Waals surface area contributed by atoms with Gasteiger partial charge in [0, 0.05) is 12.7 Å². The highest BCUT2D eigenvalue weighted by atomic mass is 16.2.